The van der Waals surface area contributed by atoms with Gasteiger partial charge in [-0.05, 0) is 59.5 Å². The molecule has 0 saturated carbocycles. The lowest BCUT2D eigenvalue weighted by atomic mass is 9.87. The van der Waals surface area contributed by atoms with E-state index < -0.39 is 18.1 Å². The first-order chi connectivity index (χ1) is 16.5. The highest BCUT2D eigenvalue weighted by atomic mass is 16.7. The molecule has 4 aromatic carbocycles. The molecule has 2 aliphatic heterocycles. The first kappa shape index (κ1) is 20.6. The maximum absolute atomic E-state index is 14.0. The van der Waals surface area contributed by atoms with E-state index in [4.69, 9.17) is 4.84 Å². The van der Waals surface area contributed by atoms with Crippen LogP contribution >= 0.6 is 0 Å². The molecule has 3 atom stereocenters. The van der Waals surface area contributed by atoms with Crippen LogP contribution in [0.25, 0.3) is 10.8 Å². The second kappa shape index (κ2) is 7.82. The van der Waals surface area contributed by atoms with Crippen molar-refractivity contribution in [1.29, 1.82) is 0 Å². The van der Waals surface area contributed by atoms with E-state index in [9.17, 15) is 9.59 Å². The van der Waals surface area contributed by atoms with E-state index in [-0.39, 0.29) is 11.8 Å². The first-order valence-electron chi connectivity index (χ1n) is 11.5. The molecule has 0 spiro atoms. The minimum absolute atomic E-state index is 0.222. The maximum atomic E-state index is 14.0. The molecule has 5 heteroatoms. The minimum atomic E-state index is -0.878. The highest BCUT2D eigenvalue weighted by Crippen LogP contribution is 2.49. The molecule has 5 nitrogen and oxygen atoms in total. The van der Waals surface area contributed by atoms with Crippen LogP contribution in [0.5, 0.6) is 0 Å². The monoisotopic (exact) mass is 448 g/mol. The summed E-state index contributed by atoms with van der Waals surface area (Å²) in [6, 6.07) is 29.3. The Balaban J connectivity index is 1.52. The predicted octanol–water partition coefficient (Wildman–Crippen LogP) is 5.51. The van der Waals surface area contributed by atoms with E-state index in [0.29, 0.717) is 5.69 Å². The topological polar surface area (TPSA) is 49.9 Å². The van der Waals surface area contributed by atoms with Gasteiger partial charge < -0.3 is 0 Å². The van der Waals surface area contributed by atoms with E-state index in [1.165, 1.54) is 4.90 Å². The number of fused-ring (bicyclic) bond motifs is 2. The highest BCUT2D eigenvalue weighted by Gasteiger charge is 2.60. The first-order valence-corrected chi connectivity index (χ1v) is 11.5. The van der Waals surface area contributed by atoms with Crippen LogP contribution in [0.1, 0.15) is 22.7 Å². The molecule has 34 heavy (non-hydrogen) atoms. The standard InChI is InChI=1S/C29H24N2O3/c1-18-15-16-19(2)24(17-18)30-28(32)25-26(23-14-8-10-20-9-6-7-13-22(20)23)31(34-27(25)29(30)33)21-11-4-3-5-12-21/h3-17,25-27H,1-2H3. The van der Waals surface area contributed by atoms with Crippen LogP contribution in [-0.2, 0) is 14.4 Å². The zero-order valence-corrected chi connectivity index (χ0v) is 19.0. The van der Waals surface area contributed by atoms with Crippen LogP contribution in [-0.4, -0.2) is 17.9 Å². The molecule has 0 bridgehead atoms. The van der Waals surface area contributed by atoms with Gasteiger partial charge in [0.1, 0.15) is 5.92 Å². The second-order valence-corrected chi connectivity index (χ2v) is 9.03. The van der Waals surface area contributed by atoms with Crippen LogP contribution in [0, 0.1) is 19.8 Å². The van der Waals surface area contributed by atoms with Crippen LogP contribution in [0.15, 0.2) is 91.0 Å². The average Bonchev–Trinajstić information content (AvgIpc) is 3.37. The summed E-state index contributed by atoms with van der Waals surface area (Å²) >= 11 is 0. The fourth-order valence-corrected chi connectivity index (χ4v) is 5.24. The summed E-state index contributed by atoms with van der Waals surface area (Å²) in [5, 5.41) is 3.89. The number of amides is 2. The van der Waals surface area contributed by atoms with Crippen LogP contribution in [0.2, 0.25) is 0 Å². The summed E-state index contributed by atoms with van der Waals surface area (Å²) in [6.45, 7) is 3.88. The molecule has 2 amide bonds. The van der Waals surface area contributed by atoms with E-state index in [1.54, 1.807) is 5.06 Å². The van der Waals surface area contributed by atoms with Crippen LogP contribution < -0.4 is 9.96 Å². The molecule has 6 rings (SSSR count). The van der Waals surface area contributed by atoms with E-state index >= 15 is 0 Å². The Kier molecular flexibility index (Phi) is 4.74. The summed E-state index contributed by atoms with van der Waals surface area (Å²) < 4.78 is 0. The number of para-hydroxylation sites is 1. The number of hydroxylamine groups is 1. The van der Waals surface area contributed by atoms with Gasteiger partial charge in [-0.25, -0.2) is 9.96 Å². The predicted molar refractivity (Wildman–Crippen MR) is 132 cm³/mol. The van der Waals surface area contributed by atoms with Gasteiger partial charge in [-0.1, -0.05) is 72.8 Å². The Hall–Kier alpha value is -3.96. The number of benzene rings is 4. The largest absolute Gasteiger partial charge is 0.273 e. The third-order valence-corrected chi connectivity index (χ3v) is 6.87. The minimum Gasteiger partial charge on any atom is -0.273 e. The molecule has 2 aliphatic rings. The van der Waals surface area contributed by atoms with Crippen molar-refractivity contribution in [3.05, 3.63) is 108 Å². The van der Waals surface area contributed by atoms with Gasteiger partial charge in [0.2, 0.25) is 5.91 Å². The number of carbonyl (C=O) groups is 2. The van der Waals surface area contributed by atoms with Gasteiger partial charge in [0, 0.05) is 0 Å². The molecule has 168 valence electrons. The molecule has 0 radical (unpaired) electrons. The third-order valence-electron chi connectivity index (χ3n) is 6.87. The summed E-state index contributed by atoms with van der Waals surface area (Å²) in [7, 11) is 0. The fraction of sp³-hybridized carbons (Fsp3) is 0.172. The van der Waals surface area contributed by atoms with E-state index in [0.717, 1.165) is 33.2 Å². The summed E-state index contributed by atoms with van der Waals surface area (Å²) in [5.74, 6) is -1.19. The number of anilines is 2. The highest BCUT2D eigenvalue weighted by molar-refractivity contribution is 6.24. The quantitative estimate of drug-likeness (QED) is 0.388. The summed E-state index contributed by atoms with van der Waals surface area (Å²) in [6.07, 6.45) is -0.878. The number of imide groups is 1. The molecule has 0 aliphatic carbocycles. The van der Waals surface area contributed by atoms with Crippen LogP contribution in [0.3, 0.4) is 0 Å². The Morgan fingerprint density at radius 3 is 2.32 bits per heavy atom. The zero-order chi connectivity index (χ0) is 23.4. The molecule has 3 unspecified atom stereocenters. The Morgan fingerprint density at radius 1 is 0.765 bits per heavy atom. The summed E-state index contributed by atoms with van der Waals surface area (Å²) in [5.41, 5.74) is 4.30. The van der Waals surface area contributed by atoms with Crippen molar-refractivity contribution in [3.63, 3.8) is 0 Å². The lowest BCUT2D eigenvalue weighted by Gasteiger charge is -2.29. The SMILES string of the molecule is Cc1ccc(C)c(N2C(=O)C3ON(c4ccccc4)C(c4cccc5ccccc45)C3C2=O)c1. The number of rotatable bonds is 3. The number of hydrogen-bond acceptors (Lipinski definition) is 4. The van der Waals surface area contributed by atoms with Gasteiger partial charge in [0.05, 0.1) is 17.4 Å². The molecule has 2 saturated heterocycles. The Labute approximate surface area is 198 Å². The van der Waals surface area contributed by atoms with Crippen molar-refractivity contribution in [2.24, 2.45) is 5.92 Å². The molecule has 2 fully saturated rings. The molecule has 4 aromatic rings. The number of nitrogens with zero attached hydrogens (tertiary/aromatic N) is 2. The van der Waals surface area contributed by atoms with Crippen LogP contribution in [0.4, 0.5) is 11.4 Å². The molecule has 2 heterocycles. The Bertz CT molecular complexity index is 1430. The van der Waals surface area contributed by atoms with Gasteiger partial charge in [0.15, 0.2) is 6.10 Å². The van der Waals surface area contributed by atoms with Gasteiger partial charge >= 0.3 is 0 Å². The van der Waals surface area contributed by atoms with Crippen molar-refractivity contribution in [2.75, 3.05) is 9.96 Å². The van der Waals surface area contributed by atoms with E-state index in [2.05, 4.69) is 18.2 Å². The molecular weight excluding hydrogens is 424 g/mol. The molecular formula is C29H24N2O3. The van der Waals surface area contributed by atoms with Gasteiger partial charge in [-0.3, -0.25) is 14.4 Å². The lowest BCUT2D eigenvalue weighted by Crippen LogP contribution is -2.37. The van der Waals surface area contributed by atoms with Gasteiger partial charge in [-0.15, -0.1) is 0 Å². The summed E-state index contributed by atoms with van der Waals surface area (Å²) in [4.78, 5) is 35.2. The second-order valence-electron chi connectivity index (χ2n) is 9.03. The molecule has 0 N–H and O–H groups in total. The number of carbonyl (C=O) groups excluding carboxylic acids is 2. The van der Waals surface area contributed by atoms with Gasteiger partial charge in [0.25, 0.3) is 5.91 Å². The third kappa shape index (κ3) is 3.05. The van der Waals surface area contributed by atoms with Gasteiger partial charge in [-0.2, -0.15) is 0 Å². The van der Waals surface area contributed by atoms with Crippen molar-refractivity contribution < 1.29 is 14.4 Å². The number of hydrogen-bond donors (Lipinski definition) is 0. The normalized spacial score (nSPS) is 22.0. The Morgan fingerprint density at radius 2 is 1.50 bits per heavy atom. The van der Waals surface area contributed by atoms with Crippen molar-refractivity contribution >= 4 is 34.0 Å². The average molecular weight is 449 g/mol. The zero-order valence-electron chi connectivity index (χ0n) is 19.0. The molecule has 0 aromatic heterocycles. The van der Waals surface area contributed by atoms with E-state index in [1.807, 2.05) is 86.6 Å². The lowest BCUT2D eigenvalue weighted by molar-refractivity contribution is -0.126. The smallest absolute Gasteiger partial charge is 0.266 e. The maximum Gasteiger partial charge on any atom is 0.266 e. The number of aryl methyl sites for hydroxylation is 2. The van der Waals surface area contributed by atoms with Crippen molar-refractivity contribution in [1.82, 2.24) is 0 Å². The van der Waals surface area contributed by atoms with Crippen molar-refractivity contribution in [2.45, 2.75) is 26.0 Å². The fourth-order valence-electron chi connectivity index (χ4n) is 5.24. The van der Waals surface area contributed by atoms with Crippen molar-refractivity contribution in [3.8, 4) is 0 Å².